The fourth-order valence-electron chi connectivity index (χ4n) is 2.37. The van der Waals surface area contributed by atoms with Crippen LogP contribution in [0.1, 0.15) is 24.8 Å². The molecule has 2 rings (SSSR count). The summed E-state index contributed by atoms with van der Waals surface area (Å²) in [7, 11) is 4.05. The van der Waals surface area contributed by atoms with Gasteiger partial charge in [0.05, 0.1) is 6.33 Å². The molecule has 0 aliphatic heterocycles. The van der Waals surface area contributed by atoms with Gasteiger partial charge >= 0.3 is 0 Å². The Kier molecular flexibility index (Phi) is 6.66. The molecule has 0 aliphatic rings. The minimum absolute atomic E-state index is 0.129. The standard InChI is InChI=1S/C18H26N4O/c1-21(2)17-8-5-16(6-9-17)7-10-18(23)20-11-3-4-13-22-14-12-19-15-22/h5-6,8-9,12,14-15H,3-4,7,10-11,13H2,1-2H3,(H,20,23). The van der Waals surface area contributed by atoms with Crippen molar-refractivity contribution < 1.29 is 4.79 Å². The number of aromatic nitrogens is 2. The first kappa shape index (κ1) is 17.1. The zero-order valence-electron chi connectivity index (χ0n) is 14.0. The first-order valence-corrected chi connectivity index (χ1v) is 8.14. The number of nitrogens with zero attached hydrogens (tertiary/aromatic N) is 3. The summed E-state index contributed by atoms with van der Waals surface area (Å²) < 4.78 is 2.05. The predicted octanol–water partition coefficient (Wildman–Crippen LogP) is 2.48. The molecule has 0 spiro atoms. The maximum absolute atomic E-state index is 11.8. The third-order valence-electron chi connectivity index (χ3n) is 3.82. The molecular formula is C18H26N4O. The van der Waals surface area contributed by atoms with Gasteiger partial charge in [-0.3, -0.25) is 4.79 Å². The molecule has 0 aliphatic carbocycles. The summed E-state index contributed by atoms with van der Waals surface area (Å²) in [5.74, 6) is 0.129. The first-order valence-electron chi connectivity index (χ1n) is 8.14. The summed E-state index contributed by atoms with van der Waals surface area (Å²) in [5.41, 5.74) is 2.38. The number of carbonyl (C=O) groups excluding carboxylic acids is 1. The molecule has 23 heavy (non-hydrogen) atoms. The van der Waals surface area contributed by atoms with Crippen LogP contribution in [0.25, 0.3) is 0 Å². The predicted molar refractivity (Wildman–Crippen MR) is 93.6 cm³/mol. The summed E-state index contributed by atoms with van der Waals surface area (Å²) >= 11 is 0. The molecule has 2 aromatic rings. The van der Waals surface area contributed by atoms with Gasteiger partial charge in [0.1, 0.15) is 0 Å². The van der Waals surface area contributed by atoms with Gasteiger partial charge in [-0.1, -0.05) is 12.1 Å². The molecule has 0 saturated heterocycles. The van der Waals surface area contributed by atoms with E-state index in [-0.39, 0.29) is 5.91 Å². The van der Waals surface area contributed by atoms with E-state index in [1.807, 2.05) is 26.6 Å². The summed E-state index contributed by atoms with van der Waals surface area (Å²) in [6, 6.07) is 8.36. The second kappa shape index (κ2) is 8.98. The van der Waals surface area contributed by atoms with E-state index < -0.39 is 0 Å². The van der Waals surface area contributed by atoms with Gasteiger partial charge in [0.15, 0.2) is 0 Å². The third kappa shape index (κ3) is 6.14. The Balaban J connectivity index is 1.57. The van der Waals surface area contributed by atoms with Gasteiger partial charge in [-0.2, -0.15) is 0 Å². The number of anilines is 1. The highest BCUT2D eigenvalue weighted by molar-refractivity contribution is 5.76. The van der Waals surface area contributed by atoms with Crippen molar-refractivity contribution in [2.45, 2.75) is 32.2 Å². The molecule has 5 nitrogen and oxygen atoms in total. The van der Waals surface area contributed by atoms with Gasteiger partial charge in [0.25, 0.3) is 0 Å². The minimum Gasteiger partial charge on any atom is -0.378 e. The smallest absolute Gasteiger partial charge is 0.220 e. The number of amides is 1. The van der Waals surface area contributed by atoms with Crippen molar-refractivity contribution in [3.63, 3.8) is 0 Å². The van der Waals surface area contributed by atoms with Gasteiger partial charge in [0, 0.05) is 51.7 Å². The Morgan fingerprint density at radius 3 is 2.65 bits per heavy atom. The topological polar surface area (TPSA) is 50.2 Å². The highest BCUT2D eigenvalue weighted by Crippen LogP contribution is 2.13. The Morgan fingerprint density at radius 2 is 2.00 bits per heavy atom. The van der Waals surface area contributed by atoms with Gasteiger partial charge in [0.2, 0.25) is 5.91 Å². The van der Waals surface area contributed by atoms with Crippen molar-refractivity contribution >= 4 is 11.6 Å². The maximum Gasteiger partial charge on any atom is 0.220 e. The van der Waals surface area contributed by atoms with Crippen LogP contribution in [-0.2, 0) is 17.8 Å². The Hall–Kier alpha value is -2.30. The quantitative estimate of drug-likeness (QED) is 0.724. The molecule has 1 amide bonds. The largest absolute Gasteiger partial charge is 0.378 e. The molecule has 1 N–H and O–H groups in total. The van der Waals surface area contributed by atoms with Crippen molar-refractivity contribution in [2.75, 3.05) is 25.5 Å². The lowest BCUT2D eigenvalue weighted by atomic mass is 10.1. The van der Waals surface area contributed by atoms with Gasteiger partial charge in [-0.15, -0.1) is 0 Å². The second-order valence-electron chi connectivity index (χ2n) is 5.92. The average Bonchev–Trinajstić information content (AvgIpc) is 3.06. The summed E-state index contributed by atoms with van der Waals surface area (Å²) in [6.07, 6.45) is 8.93. The lowest BCUT2D eigenvalue weighted by molar-refractivity contribution is -0.121. The maximum atomic E-state index is 11.8. The van der Waals surface area contributed by atoms with Crippen LogP contribution in [-0.4, -0.2) is 36.1 Å². The molecule has 0 saturated carbocycles. The average molecular weight is 314 g/mol. The molecule has 0 unspecified atom stereocenters. The Bertz CT molecular complexity index is 576. The van der Waals surface area contributed by atoms with Crippen LogP contribution < -0.4 is 10.2 Å². The van der Waals surface area contributed by atoms with E-state index in [1.54, 1.807) is 6.20 Å². The fourth-order valence-corrected chi connectivity index (χ4v) is 2.37. The molecule has 0 atom stereocenters. The van der Waals surface area contributed by atoms with Crippen molar-refractivity contribution in [1.82, 2.24) is 14.9 Å². The van der Waals surface area contributed by atoms with Gasteiger partial charge < -0.3 is 14.8 Å². The van der Waals surface area contributed by atoms with Crippen LogP contribution in [0.5, 0.6) is 0 Å². The molecule has 0 fully saturated rings. The molecule has 1 aromatic heterocycles. The van der Waals surface area contributed by atoms with E-state index >= 15 is 0 Å². The van der Waals surface area contributed by atoms with E-state index in [0.717, 1.165) is 32.4 Å². The van der Waals surface area contributed by atoms with Crippen LogP contribution in [0.2, 0.25) is 0 Å². The Morgan fingerprint density at radius 1 is 1.22 bits per heavy atom. The van der Waals surface area contributed by atoms with Gasteiger partial charge in [-0.25, -0.2) is 4.98 Å². The van der Waals surface area contributed by atoms with E-state index in [0.29, 0.717) is 6.42 Å². The molecule has 0 bridgehead atoms. The summed E-state index contributed by atoms with van der Waals surface area (Å²) in [5, 5.41) is 2.99. The zero-order chi connectivity index (χ0) is 16.5. The van der Waals surface area contributed by atoms with Crippen molar-refractivity contribution in [3.8, 4) is 0 Å². The van der Waals surface area contributed by atoms with Crippen LogP contribution in [0.4, 0.5) is 5.69 Å². The number of carbonyl (C=O) groups is 1. The number of imidazole rings is 1. The van der Waals surface area contributed by atoms with E-state index in [9.17, 15) is 4.79 Å². The monoisotopic (exact) mass is 314 g/mol. The number of unbranched alkanes of at least 4 members (excludes halogenated alkanes) is 1. The Labute approximate surface area is 138 Å². The third-order valence-corrected chi connectivity index (χ3v) is 3.82. The molecule has 124 valence electrons. The van der Waals surface area contributed by atoms with Crippen LogP contribution >= 0.6 is 0 Å². The molecule has 1 aromatic carbocycles. The zero-order valence-corrected chi connectivity index (χ0v) is 14.0. The number of benzene rings is 1. The van der Waals surface area contributed by atoms with Crippen molar-refractivity contribution in [2.24, 2.45) is 0 Å². The second-order valence-corrected chi connectivity index (χ2v) is 5.92. The molecular weight excluding hydrogens is 288 g/mol. The summed E-state index contributed by atoms with van der Waals surface area (Å²) in [4.78, 5) is 17.9. The number of hydrogen-bond acceptors (Lipinski definition) is 3. The van der Waals surface area contributed by atoms with E-state index in [1.165, 1.54) is 11.3 Å². The van der Waals surface area contributed by atoms with Crippen LogP contribution in [0.15, 0.2) is 43.0 Å². The number of aryl methyl sites for hydroxylation is 2. The first-order chi connectivity index (χ1) is 11.1. The molecule has 1 heterocycles. The van der Waals surface area contributed by atoms with Crippen LogP contribution in [0.3, 0.4) is 0 Å². The van der Waals surface area contributed by atoms with E-state index in [4.69, 9.17) is 0 Å². The number of nitrogens with one attached hydrogen (secondary N) is 1. The van der Waals surface area contributed by atoms with Gasteiger partial charge in [-0.05, 0) is 37.0 Å². The van der Waals surface area contributed by atoms with Crippen LogP contribution in [0, 0.1) is 0 Å². The van der Waals surface area contributed by atoms with Crippen molar-refractivity contribution in [3.05, 3.63) is 48.5 Å². The number of rotatable bonds is 9. The summed E-state index contributed by atoms with van der Waals surface area (Å²) in [6.45, 7) is 1.70. The lowest BCUT2D eigenvalue weighted by Crippen LogP contribution is -2.24. The fraction of sp³-hybridized carbons (Fsp3) is 0.444. The molecule has 0 radical (unpaired) electrons. The normalized spacial score (nSPS) is 10.5. The lowest BCUT2D eigenvalue weighted by Gasteiger charge is -2.12. The molecule has 5 heteroatoms. The number of hydrogen-bond donors (Lipinski definition) is 1. The van der Waals surface area contributed by atoms with Crippen molar-refractivity contribution in [1.29, 1.82) is 0 Å². The highest BCUT2D eigenvalue weighted by Gasteiger charge is 2.02. The highest BCUT2D eigenvalue weighted by atomic mass is 16.1. The van der Waals surface area contributed by atoms with E-state index in [2.05, 4.69) is 44.0 Å². The minimum atomic E-state index is 0.129. The SMILES string of the molecule is CN(C)c1ccc(CCC(=O)NCCCCn2ccnc2)cc1.